The van der Waals surface area contributed by atoms with E-state index in [1.165, 1.54) is 0 Å². The van der Waals surface area contributed by atoms with Gasteiger partial charge in [-0.15, -0.1) is 0 Å². The van der Waals surface area contributed by atoms with Crippen LogP contribution in [-0.4, -0.2) is 52.0 Å². The lowest BCUT2D eigenvalue weighted by Crippen LogP contribution is -2.36. The number of phenolic OH excluding ortho intramolecular Hbond substituents is 1. The number of fused-ring (bicyclic) bond motifs is 1. The molecule has 2 atom stereocenters. The molecule has 0 spiro atoms. The second kappa shape index (κ2) is 8.31. The molecule has 2 aromatic carbocycles. The van der Waals surface area contributed by atoms with Gasteiger partial charge in [0, 0.05) is 24.3 Å². The quantitative estimate of drug-likeness (QED) is 0.608. The Labute approximate surface area is 187 Å². The minimum Gasteiger partial charge on any atom is -0.504 e. The number of ether oxygens (including phenoxy) is 2. The second-order valence-corrected chi connectivity index (χ2v) is 8.38. The van der Waals surface area contributed by atoms with E-state index < -0.39 is 0 Å². The van der Waals surface area contributed by atoms with Gasteiger partial charge in [0.25, 0.3) is 5.91 Å². The molecule has 1 fully saturated rings. The van der Waals surface area contributed by atoms with Crippen LogP contribution in [0, 0.1) is 6.92 Å². The van der Waals surface area contributed by atoms with Crippen LogP contribution >= 0.6 is 0 Å². The van der Waals surface area contributed by atoms with Gasteiger partial charge >= 0.3 is 0 Å². The summed E-state index contributed by atoms with van der Waals surface area (Å²) >= 11 is 0. The minimum absolute atomic E-state index is 0.0183. The number of nitrogens with one attached hydrogen (secondary N) is 1. The van der Waals surface area contributed by atoms with Crippen molar-refractivity contribution in [3.63, 3.8) is 0 Å². The van der Waals surface area contributed by atoms with Gasteiger partial charge in [-0.25, -0.2) is 0 Å². The number of aryl methyl sites for hydroxylation is 1. The van der Waals surface area contributed by atoms with Gasteiger partial charge in [0.2, 0.25) is 0 Å². The zero-order chi connectivity index (χ0) is 22.2. The number of hydrogen-bond donors (Lipinski definition) is 2. The van der Waals surface area contributed by atoms with Crippen LogP contribution in [0.2, 0.25) is 0 Å². The molecule has 0 bridgehead atoms. The van der Waals surface area contributed by atoms with Crippen molar-refractivity contribution >= 4 is 5.91 Å². The van der Waals surface area contributed by atoms with E-state index in [4.69, 9.17) is 9.47 Å². The van der Waals surface area contributed by atoms with Crippen molar-refractivity contribution in [1.29, 1.82) is 0 Å². The van der Waals surface area contributed by atoms with Gasteiger partial charge in [0.1, 0.15) is 5.69 Å². The number of hydrogen-bond acceptors (Lipinski definition) is 5. The van der Waals surface area contributed by atoms with Crippen molar-refractivity contribution in [1.82, 2.24) is 15.1 Å². The third-order valence-corrected chi connectivity index (χ3v) is 6.21. The summed E-state index contributed by atoms with van der Waals surface area (Å²) in [6.07, 6.45) is 1.96. The molecule has 1 aromatic heterocycles. The average molecular weight is 434 g/mol. The van der Waals surface area contributed by atoms with Crippen LogP contribution in [0.3, 0.4) is 0 Å². The van der Waals surface area contributed by atoms with Gasteiger partial charge in [-0.3, -0.25) is 9.89 Å². The van der Waals surface area contributed by atoms with Crippen LogP contribution in [0.4, 0.5) is 0 Å². The second-order valence-electron chi connectivity index (χ2n) is 8.38. The van der Waals surface area contributed by atoms with Crippen LogP contribution in [0.25, 0.3) is 11.3 Å². The Kier molecular flexibility index (Phi) is 5.35. The molecule has 1 saturated heterocycles. The van der Waals surface area contributed by atoms with E-state index in [9.17, 15) is 9.90 Å². The van der Waals surface area contributed by atoms with Crippen molar-refractivity contribution in [2.24, 2.45) is 0 Å². The molecule has 0 aliphatic carbocycles. The van der Waals surface area contributed by atoms with Crippen molar-refractivity contribution in [3.05, 3.63) is 64.8 Å². The van der Waals surface area contributed by atoms with E-state index in [-0.39, 0.29) is 23.8 Å². The minimum atomic E-state index is -0.350. The third kappa shape index (κ3) is 3.52. The normalized spacial score (nSPS) is 20.1. The first-order valence-corrected chi connectivity index (χ1v) is 11.1. The summed E-state index contributed by atoms with van der Waals surface area (Å²) in [7, 11) is 0. The molecule has 7 heteroatoms. The number of nitrogens with zero attached hydrogens (tertiary/aromatic N) is 2. The van der Waals surface area contributed by atoms with Gasteiger partial charge < -0.3 is 19.5 Å². The Bertz CT molecular complexity index is 1130. The van der Waals surface area contributed by atoms with Crippen LogP contribution in [-0.2, 0) is 4.74 Å². The maximum Gasteiger partial charge on any atom is 0.273 e. The lowest BCUT2D eigenvalue weighted by molar-refractivity contribution is 0.0495. The number of carbonyl (C=O) groups excluding carboxylic acids is 1. The molecule has 2 N–H and O–H groups in total. The Hall–Kier alpha value is -3.32. The number of carbonyl (C=O) groups is 1. The first-order chi connectivity index (χ1) is 15.6. The van der Waals surface area contributed by atoms with E-state index >= 15 is 0 Å². The predicted molar refractivity (Wildman–Crippen MR) is 120 cm³/mol. The zero-order valence-corrected chi connectivity index (χ0v) is 18.3. The summed E-state index contributed by atoms with van der Waals surface area (Å²) in [5, 5.41) is 17.7. The lowest BCUT2D eigenvalue weighted by Gasteiger charge is -2.29. The highest BCUT2D eigenvalue weighted by atomic mass is 16.5. The van der Waals surface area contributed by atoms with Gasteiger partial charge in [-0.1, -0.05) is 35.9 Å². The number of aromatic amines is 1. The van der Waals surface area contributed by atoms with Gasteiger partial charge in [0.15, 0.2) is 11.5 Å². The molecule has 3 heterocycles. The predicted octanol–water partition coefficient (Wildman–Crippen LogP) is 4.21. The Morgan fingerprint density at radius 1 is 1.25 bits per heavy atom. The van der Waals surface area contributed by atoms with Gasteiger partial charge in [-0.05, 0) is 44.4 Å². The van der Waals surface area contributed by atoms with E-state index in [0.29, 0.717) is 24.6 Å². The average Bonchev–Trinajstić information content (AvgIpc) is 3.51. The summed E-state index contributed by atoms with van der Waals surface area (Å²) in [6.45, 7) is 5.58. The largest absolute Gasteiger partial charge is 0.504 e. The van der Waals surface area contributed by atoms with Crippen LogP contribution in [0.5, 0.6) is 11.5 Å². The van der Waals surface area contributed by atoms with Crippen LogP contribution in [0.15, 0.2) is 42.5 Å². The maximum atomic E-state index is 13.5. The summed E-state index contributed by atoms with van der Waals surface area (Å²) < 4.78 is 11.5. The number of aromatic hydroxyl groups is 1. The van der Waals surface area contributed by atoms with E-state index in [1.54, 1.807) is 6.07 Å². The number of benzene rings is 2. The molecule has 0 saturated carbocycles. The molecular formula is C25H27N3O4. The Morgan fingerprint density at radius 2 is 2.06 bits per heavy atom. The number of aromatic nitrogens is 2. The third-order valence-electron chi connectivity index (χ3n) is 6.21. The summed E-state index contributed by atoms with van der Waals surface area (Å²) in [5.41, 5.74) is 5.10. The molecule has 1 amide bonds. The number of amides is 1. The maximum absolute atomic E-state index is 13.5. The SMILES string of the molecule is CCOc1cc(C2c3c(-c4ccc(C)cc4)n[nH]c3C(=O)N2CC2CCCO2)ccc1O. The van der Waals surface area contributed by atoms with E-state index in [1.807, 2.05) is 55.1 Å². The first kappa shape index (κ1) is 20.6. The highest BCUT2D eigenvalue weighted by molar-refractivity contribution is 6.00. The first-order valence-electron chi connectivity index (χ1n) is 11.1. The van der Waals surface area contributed by atoms with Gasteiger partial charge in [-0.2, -0.15) is 5.10 Å². The molecule has 0 radical (unpaired) electrons. The van der Waals surface area contributed by atoms with Crippen molar-refractivity contribution in [2.75, 3.05) is 19.8 Å². The Balaban J connectivity index is 1.62. The molecule has 3 aromatic rings. The topological polar surface area (TPSA) is 87.7 Å². The Morgan fingerprint density at radius 3 is 2.78 bits per heavy atom. The molecule has 2 aliphatic heterocycles. The van der Waals surface area contributed by atoms with Crippen molar-refractivity contribution in [3.8, 4) is 22.8 Å². The molecule has 2 aliphatic rings. The van der Waals surface area contributed by atoms with Gasteiger partial charge in [0.05, 0.1) is 24.4 Å². The summed E-state index contributed by atoms with van der Waals surface area (Å²) in [4.78, 5) is 15.3. The lowest BCUT2D eigenvalue weighted by atomic mass is 9.95. The number of H-pyrrole nitrogens is 1. The summed E-state index contributed by atoms with van der Waals surface area (Å²) in [5.74, 6) is 0.400. The van der Waals surface area contributed by atoms with Crippen molar-refractivity contribution in [2.45, 2.75) is 38.8 Å². The highest BCUT2D eigenvalue weighted by Gasteiger charge is 2.43. The highest BCUT2D eigenvalue weighted by Crippen LogP contribution is 2.44. The van der Waals surface area contributed by atoms with Crippen molar-refractivity contribution < 1.29 is 19.4 Å². The zero-order valence-electron chi connectivity index (χ0n) is 18.3. The fourth-order valence-corrected chi connectivity index (χ4v) is 4.64. The standard InChI is InChI=1S/C25H27N3O4/c1-3-31-20-13-17(10-11-19(20)29)24-21-22(16-8-6-15(2)7-9-16)26-27-23(21)25(30)28(24)14-18-5-4-12-32-18/h6-11,13,18,24,29H,3-5,12,14H2,1-2H3,(H,26,27). The molecule has 7 nitrogen and oxygen atoms in total. The molecule has 5 rings (SSSR count). The monoisotopic (exact) mass is 433 g/mol. The molecule has 166 valence electrons. The molecule has 2 unspecified atom stereocenters. The molecular weight excluding hydrogens is 406 g/mol. The summed E-state index contributed by atoms with van der Waals surface area (Å²) in [6, 6.07) is 13.1. The fraction of sp³-hybridized carbons (Fsp3) is 0.360. The molecule has 32 heavy (non-hydrogen) atoms. The fourth-order valence-electron chi connectivity index (χ4n) is 4.64. The smallest absolute Gasteiger partial charge is 0.273 e. The van der Waals surface area contributed by atoms with Crippen LogP contribution in [0.1, 0.15) is 53.0 Å². The van der Waals surface area contributed by atoms with E-state index in [0.717, 1.165) is 47.4 Å². The number of rotatable bonds is 6. The number of phenols is 1. The van der Waals surface area contributed by atoms with Crippen LogP contribution < -0.4 is 4.74 Å². The van der Waals surface area contributed by atoms with E-state index in [2.05, 4.69) is 10.2 Å².